The summed E-state index contributed by atoms with van der Waals surface area (Å²) in [6.07, 6.45) is 15.6. The van der Waals surface area contributed by atoms with Crippen molar-refractivity contribution in [2.75, 3.05) is 68.5 Å². The van der Waals surface area contributed by atoms with Crippen LogP contribution in [0, 0.1) is 6.92 Å². The van der Waals surface area contributed by atoms with Crippen molar-refractivity contribution in [1.82, 2.24) is 10.2 Å². The van der Waals surface area contributed by atoms with E-state index in [0.717, 1.165) is 101 Å². The number of allylic oxidation sites excluding steroid dienone is 7. The summed E-state index contributed by atoms with van der Waals surface area (Å²) in [6.45, 7) is 19.8. The zero-order valence-corrected chi connectivity index (χ0v) is 41.6. The number of hydrogen-bond donors (Lipinski definition) is 2. The van der Waals surface area contributed by atoms with Crippen LogP contribution < -0.4 is 45.1 Å². The number of nitrogens with zero attached hydrogens (tertiary/aromatic N) is 3. The molecule has 0 radical (unpaired) electrons. The first-order chi connectivity index (χ1) is 30.3. The normalized spacial score (nSPS) is 19.6. The molecule has 1 amide bonds. The minimum atomic E-state index is -4.27. The summed E-state index contributed by atoms with van der Waals surface area (Å²) in [7, 11) is -4.27. The molecule has 4 aliphatic rings. The standard InChI is InChI=1S/C52H66N5O5S.Na/c1-6-7-32-56-45-20-10-8-18-43(45)51(2,3)47(56)28-24-39-16-14-17-40(25-29-48-52(4,5)44-19-9-11-21-46(44)57(48)33-12-13-38-63(59,60)61)49(39)54-42-26-22-41(23-27-42)50(58)53-30-15-31-55-34-36-62-37-35-55;/h8-11,18-29H,1,6-7,12-17,30-38H2,2-5H3,(H2,53,58,59,60,61);/q-1;+1/b39-24+,47-28+;. The van der Waals surface area contributed by atoms with E-state index in [1.807, 2.05) is 30.3 Å². The zero-order valence-electron chi connectivity index (χ0n) is 38.8. The van der Waals surface area contributed by atoms with E-state index in [1.54, 1.807) is 0 Å². The van der Waals surface area contributed by atoms with E-state index in [-0.39, 0.29) is 52.0 Å². The molecule has 3 aliphatic heterocycles. The number of morpholine rings is 1. The third-order valence-corrected chi connectivity index (χ3v) is 13.9. The van der Waals surface area contributed by atoms with Crippen molar-refractivity contribution in [3.63, 3.8) is 0 Å². The van der Waals surface area contributed by atoms with E-state index >= 15 is 0 Å². The van der Waals surface area contributed by atoms with Crippen LogP contribution in [0.2, 0.25) is 0 Å². The molecule has 0 aromatic heterocycles. The number of hydrogen-bond acceptors (Lipinski definition) is 8. The van der Waals surface area contributed by atoms with Gasteiger partial charge >= 0.3 is 29.6 Å². The van der Waals surface area contributed by atoms with Crippen LogP contribution in [0.1, 0.15) is 101 Å². The van der Waals surface area contributed by atoms with Gasteiger partial charge in [-0.1, -0.05) is 68.8 Å². The van der Waals surface area contributed by atoms with E-state index in [4.69, 9.17) is 4.74 Å². The fourth-order valence-corrected chi connectivity index (χ4v) is 10.2. The number of nitrogens with one attached hydrogen (secondary N) is 2. The Balaban J connectivity index is 0.00000680. The smallest absolute Gasteiger partial charge is 0.748 e. The Morgan fingerprint density at radius 2 is 1.58 bits per heavy atom. The molecule has 1 fully saturated rings. The van der Waals surface area contributed by atoms with Crippen LogP contribution >= 0.6 is 0 Å². The van der Waals surface area contributed by atoms with E-state index in [2.05, 4.69) is 126 Å². The summed E-state index contributed by atoms with van der Waals surface area (Å²) in [5.41, 5.74) is 11.8. The van der Waals surface area contributed by atoms with Crippen molar-refractivity contribution in [2.24, 2.45) is 0 Å². The Hall–Kier alpha value is -3.81. The molecule has 2 N–H and O–H groups in total. The van der Waals surface area contributed by atoms with Gasteiger partial charge in [0, 0.05) is 89.8 Å². The zero-order chi connectivity index (χ0) is 44.6. The molecule has 0 unspecified atom stereocenters. The maximum atomic E-state index is 13.2. The average Bonchev–Trinajstić information content (AvgIpc) is 3.62. The molecule has 1 aliphatic carbocycles. The van der Waals surface area contributed by atoms with Gasteiger partial charge in [0.15, 0.2) is 5.71 Å². The second kappa shape index (κ2) is 22.1. The molecule has 0 bridgehead atoms. The molecule has 10 nitrogen and oxygen atoms in total. The minimum absolute atomic E-state index is 0. The van der Waals surface area contributed by atoms with E-state index in [0.29, 0.717) is 31.5 Å². The van der Waals surface area contributed by atoms with Gasteiger partial charge in [-0.25, -0.2) is 8.42 Å². The third kappa shape index (κ3) is 11.8. The average molecular weight is 896 g/mol. The molecule has 0 atom stereocenters. The number of benzene rings is 3. The molecule has 1 saturated heterocycles. The molecule has 3 aromatic carbocycles. The van der Waals surface area contributed by atoms with E-state index in [9.17, 15) is 17.8 Å². The molecule has 0 saturated carbocycles. The van der Waals surface area contributed by atoms with Crippen molar-refractivity contribution in [3.8, 4) is 0 Å². The Bertz CT molecular complexity index is 2390. The SMILES string of the molecule is [CH2-]CCCN1/C(=C/C=C2\CCCC(/C=C/C3=[N+](CCCCS(=O)(=O)[O-])c4ccccc4C3(C)C)=C2Nc2ccc(C(=O)NCCCN3CCOCC3)cc2)C(C)(C)c2ccccc21.[Na+]. The number of unbranched alkanes of at least 4 members (excludes halogenated alkanes) is 2. The van der Waals surface area contributed by atoms with Gasteiger partial charge in [0.25, 0.3) is 5.91 Å². The summed E-state index contributed by atoms with van der Waals surface area (Å²) in [6, 6.07) is 24.9. The number of carbonyl (C=O) groups is 1. The summed E-state index contributed by atoms with van der Waals surface area (Å²) >= 11 is 0. The second-order valence-electron chi connectivity index (χ2n) is 18.2. The fraction of sp³-hybridized carbons (Fsp3) is 0.442. The summed E-state index contributed by atoms with van der Waals surface area (Å²) < 4.78 is 42.1. The topological polar surface area (TPSA) is 117 Å². The van der Waals surface area contributed by atoms with Crippen LogP contribution in [0.15, 0.2) is 120 Å². The number of carbonyl (C=O) groups excluding carboxylic acids is 1. The first-order valence-corrected chi connectivity index (χ1v) is 24.5. The number of anilines is 2. The van der Waals surface area contributed by atoms with Crippen LogP contribution in [-0.4, -0.2) is 92.3 Å². The molecule has 7 rings (SSSR count). The summed E-state index contributed by atoms with van der Waals surface area (Å²) in [5, 5.41) is 6.93. The molecule has 336 valence electrons. The van der Waals surface area contributed by atoms with E-state index < -0.39 is 10.1 Å². The molecule has 0 spiro atoms. The number of para-hydroxylation sites is 2. The molecule has 3 aromatic rings. The number of ether oxygens (including phenoxy) is 1. The van der Waals surface area contributed by atoms with Crippen LogP contribution in [0.5, 0.6) is 0 Å². The van der Waals surface area contributed by atoms with Crippen LogP contribution in [0.25, 0.3) is 0 Å². The van der Waals surface area contributed by atoms with Crippen LogP contribution in [-0.2, 0) is 25.7 Å². The Morgan fingerprint density at radius 3 is 2.31 bits per heavy atom. The summed E-state index contributed by atoms with van der Waals surface area (Å²) in [4.78, 5) is 18.0. The Morgan fingerprint density at radius 1 is 0.859 bits per heavy atom. The van der Waals surface area contributed by atoms with Crippen molar-refractivity contribution >= 4 is 38.8 Å². The molecule has 3 heterocycles. The monoisotopic (exact) mass is 895 g/mol. The van der Waals surface area contributed by atoms with Gasteiger partial charge in [0.1, 0.15) is 6.54 Å². The maximum Gasteiger partial charge on any atom is 1.00 e. The van der Waals surface area contributed by atoms with Gasteiger partial charge < -0.3 is 31.7 Å². The van der Waals surface area contributed by atoms with Gasteiger partial charge in [-0.2, -0.15) is 11.0 Å². The van der Waals surface area contributed by atoms with Gasteiger partial charge in [-0.05, 0) is 106 Å². The van der Waals surface area contributed by atoms with Crippen molar-refractivity contribution in [3.05, 3.63) is 143 Å². The van der Waals surface area contributed by atoms with Gasteiger partial charge in [0.05, 0.1) is 28.7 Å². The first kappa shape index (κ1) is 49.6. The van der Waals surface area contributed by atoms with Gasteiger partial charge in [0.2, 0.25) is 5.69 Å². The third-order valence-electron chi connectivity index (χ3n) is 13.1. The van der Waals surface area contributed by atoms with Crippen LogP contribution in [0.4, 0.5) is 17.1 Å². The summed E-state index contributed by atoms with van der Waals surface area (Å²) in [5.74, 6) is -0.432. The van der Waals surface area contributed by atoms with Crippen molar-refractivity contribution in [2.45, 2.75) is 89.9 Å². The molecular weight excluding hydrogens is 830 g/mol. The van der Waals surface area contributed by atoms with Crippen LogP contribution in [0.3, 0.4) is 0 Å². The van der Waals surface area contributed by atoms with Crippen molar-refractivity contribution in [1.29, 1.82) is 0 Å². The molecular formula is C52H66N5NaO5S. The predicted octanol–water partition coefficient (Wildman–Crippen LogP) is 6.17. The van der Waals surface area contributed by atoms with Gasteiger partial charge in [-0.3, -0.25) is 9.69 Å². The molecule has 12 heteroatoms. The number of fused-ring (bicyclic) bond motifs is 2. The number of amides is 1. The Kier molecular flexibility index (Phi) is 17.1. The minimum Gasteiger partial charge on any atom is -0.748 e. The Labute approximate surface area is 404 Å². The second-order valence-corrected chi connectivity index (χ2v) is 19.8. The predicted molar refractivity (Wildman–Crippen MR) is 255 cm³/mol. The maximum absolute atomic E-state index is 13.2. The first-order valence-electron chi connectivity index (χ1n) is 22.9. The fourth-order valence-electron chi connectivity index (χ4n) is 9.64. The van der Waals surface area contributed by atoms with Crippen molar-refractivity contribution < 1.29 is 56.6 Å². The quantitative estimate of drug-likeness (QED) is 0.0513. The molecule has 64 heavy (non-hydrogen) atoms. The number of rotatable bonds is 18. The van der Waals surface area contributed by atoms with E-state index in [1.165, 1.54) is 33.7 Å². The van der Waals surface area contributed by atoms with Gasteiger partial charge in [-0.15, -0.1) is 0 Å². The largest absolute Gasteiger partial charge is 1.00 e.